The summed E-state index contributed by atoms with van der Waals surface area (Å²) >= 11 is 0. The number of aromatic nitrogens is 1. The first-order valence-electron chi connectivity index (χ1n) is 9.04. The molecule has 0 spiro atoms. The van der Waals surface area contributed by atoms with Gasteiger partial charge in [0.1, 0.15) is 0 Å². The molecule has 4 rings (SSSR count). The van der Waals surface area contributed by atoms with E-state index in [0.29, 0.717) is 39.6 Å². The maximum atomic E-state index is 13.5. The summed E-state index contributed by atoms with van der Waals surface area (Å²) in [6.07, 6.45) is 0. The van der Waals surface area contributed by atoms with Crippen LogP contribution in [0.5, 0.6) is 23.0 Å². The normalized spacial score (nSPS) is 10.9. The van der Waals surface area contributed by atoms with Gasteiger partial charge in [-0.3, -0.25) is 9.36 Å². The first-order valence-corrected chi connectivity index (χ1v) is 9.04. The molecule has 0 atom stereocenters. The summed E-state index contributed by atoms with van der Waals surface area (Å²) in [7, 11) is 6.31. The van der Waals surface area contributed by atoms with E-state index in [-0.39, 0.29) is 5.91 Å². The fourth-order valence-electron chi connectivity index (χ4n) is 3.60. The van der Waals surface area contributed by atoms with E-state index < -0.39 is 0 Å². The van der Waals surface area contributed by atoms with Crippen LogP contribution in [0.25, 0.3) is 21.8 Å². The molecule has 0 aliphatic carbocycles. The van der Waals surface area contributed by atoms with Crippen LogP contribution in [0.1, 0.15) is 10.4 Å². The van der Waals surface area contributed by atoms with Gasteiger partial charge in [0.25, 0.3) is 5.91 Å². The molecule has 3 aromatic carbocycles. The van der Waals surface area contributed by atoms with E-state index in [1.54, 1.807) is 45.1 Å². The highest BCUT2D eigenvalue weighted by Crippen LogP contribution is 2.41. The molecule has 1 aromatic heterocycles. The van der Waals surface area contributed by atoms with Crippen LogP contribution < -0.4 is 18.9 Å². The van der Waals surface area contributed by atoms with Gasteiger partial charge in [0.2, 0.25) is 0 Å². The highest BCUT2D eigenvalue weighted by molar-refractivity contribution is 6.17. The largest absolute Gasteiger partial charge is 0.493 e. The quantitative estimate of drug-likeness (QED) is 0.501. The van der Waals surface area contributed by atoms with Crippen molar-refractivity contribution in [3.63, 3.8) is 0 Å². The molecule has 0 fully saturated rings. The molecule has 0 unspecified atom stereocenters. The minimum atomic E-state index is -0.148. The van der Waals surface area contributed by atoms with E-state index in [1.165, 1.54) is 0 Å². The SMILES string of the molecule is COc1cc2c3cc(OC)c(OC)cc3n(C(=O)c3ccccc3)c2cc1OC. The lowest BCUT2D eigenvalue weighted by Crippen LogP contribution is -2.11. The molecule has 0 saturated heterocycles. The van der Waals surface area contributed by atoms with Gasteiger partial charge in [-0.1, -0.05) is 18.2 Å². The van der Waals surface area contributed by atoms with E-state index in [9.17, 15) is 4.79 Å². The summed E-state index contributed by atoms with van der Waals surface area (Å²) in [6, 6.07) is 16.5. The second-order valence-corrected chi connectivity index (χ2v) is 6.46. The molecule has 0 N–H and O–H groups in total. The molecule has 6 nitrogen and oxygen atoms in total. The molecule has 29 heavy (non-hydrogen) atoms. The average molecular weight is 391 g/mol. The zero-order chi connectivity index (χ0) is 20.5. The highest BCUT2D eigenvalue weighted by atomic mass is 16.5. The molecule has 0 bridgehead atoms. The number of carbonyl (C=O) groups is 1. The number of hydrogen-bond donors (Lipinski definition) is 0. The Kier molecular flexibility index (Phi) is 4.76. The van der Waals surface area contributed by atoms with Crippen molar-refractivity contribution in [1.29, 1.82) is 0 Å². The molecule has 0 radical (unpaired) electrons. The predicted octanol–water partition coefficient (Wildman–Crippen LogP) is 4.52. The average Bonchev–Trinajstić information content (AvgIpc) is 3.09. The lowest BCUT2D eigenvalue weighted by Gasteiger charge is -2.10. The Morgan fingerprint density at radius 3 is 1.48 bits per heavy atom. The standard InChI is InChI=1S/C23H21NO5/c1-26-19-10-15-16-11-20(27-2)22(29-4)13-18(16)24(17(15)12-21(19)28-3)23(25)14-8-6-5-7-9-14/h5-13H,1-4H3. The summed E-state index contributed by atoms with van der Waals surface area (Å²) in [6.45, 7) is 0. The minimum absolute atomic E-state index is 0.148. The molecule has 0 saturated carbocycles. The van der Waals surface area contributed by atoms with Gasteiger partial charge < -0.3 is 18.9 Å². The summed E-state index contributed by atoms with van der Waals surface area (Å²) in [4.78, 5) is 13.5. The van der Waals surface area contributed by atoms with Gasteiger partial charge in [-0.2, -0.15) is 0 Å². The zero-order valence-electron chi connectivity index (χ0n) is 16.7. The van der Waals surface area contributed by atoms with Crippen molar-refractivity contribution in [2.24, 2.45) is 0 Å². The molecule has 6 heteroatoms. The molecule has 0 amide bonds. The van der Waals surface area contributed by atoms with Crippen LogP contribution in [0.3, 0.4) is 0 Å². The van der Waals surface area contributed by atoms with Crippen LogP contribution in [0.2, 0.25) is 0 Å². The second-order valence-electron chi connectivity index (χ2n) is 6.46. The highest BCUT2D eigenvalue weighted by Gasteiger charge is 2.22. The van der Waals surface area contributed by atoms with E-state index in [0.717, 1.165) is 10.8 Å². The van der Waals surface area contributed by atoms with Crippen LogP contribution >= 0.6 is 0 Å². The number of carbonyl (C=O) groups excluding carboxylic acids is 1. The molecule has 0 aliphatic heterocycles. The first-order chi connectivity index (χ1) is 14.1. The Bertz CT molecular complexity index is 1140. The molecule has 0 aliphatic rings. The number of fused-ring (bicyclic) bond motifs is 3. The molecule has 148 valence electrons. The van der Waals surface area contributed by atoms with Crippen molar-refractivity contribution in [2.75, 3.05) is 28.4 Å². The number of methoxy groups -OCH3 is 4. The lowest BCUT2D eigenvalue weighted by molar-refractivity contribution is 0.0969. The summed E-state index contributed by atoms with van der Waals surface area (Å²) in [5.74, 6) is 2.11. The van der Waals surface area contributed by atoms with Crippen LogP contribution in [0, 0.1) is 0 Å². The van der Waals surface area contributed by atoms with Crippen molar-refractivity contribution >= 4 is 27.7 Å². The van der Waals surface area contributed by atoms with E-state index in [1.807, 2.05) is 42.5 Å². The first kappa shape index (κ1) is 18.7. The Labute approximate surface area is 168 Å². The third-order valence-electron chi connectivity index (χ3n) is 5.00. The number of rotatable bonds is 5. The number of nitrogens with zero attached hydrogens (tertiary/aromatic N) is 1. The van der Waals surface area contributed by atoms with Gasteiger partial charge in [-0.15, -0.1) is 0 Å². The van der Waals surface area contributed by atoms with E-state index in [4.69, 9.17) is 18.9 Å². The third-order valence-corrected chi connectivity index (χ3v) is 5.00. The van der Waals surface area contributed by atoms with Gasteiger partial charge in [0, 0.05) is 28.5 Å². The Morgan fingerprint density at radius 1 is 0.655 bits per heavy atom. The number of ether oxygens (including phenoxy) is 4. The molecule has 1 heterocycles. The topological polar surface area (TPSA) is 58.9 Å². The van der Waals surface area contributed by atoms with Gasteiger partial charge in [0.05, 0.1) is 39.5 Å². The van der Waals surface area contributed by atoms with Gasteiger partial charge in [-0.05, 0) is 24.3 Å². The van der Waals surface area contributed by atoms with Gasteiger partial charge >= 0.3 is 0 Å². The van der Waals surface area contributed by atoms with Crippen molar-refractivity contribution in [2.45, 2.75) is 0 Å². The molecule has 4 aromatic rings. The monoisotopic (exact) mass is 391 g/mol. The van der Waals surface area contributed by atoms with Crippen LogP contribution in [0.4, 0.5) is 0 Å². The van der Waals surface area contributed by atoms with E-state index >= 15 is 0 Å². The smallest absolute Gasteiger partial charge is 0.262 e. The molecular formula is C23H21NO5. The van der Waals surface area contributed by atoms with Gasteiger partial charge in [0.15, 0.2) is 23.0 Å². The van der Waals surface area contributed by atoms with Crippen molar-refractivity contribution < 1.29 is 23.7 Å². The minimum Gasteiger partial charge on any atom is -0.493 e. The van der Waals surface area contributed by atoms with E-state index in [2.05, 4.69) is 0 Å². The predicted molar refractivity (Wildman–Crippen MR) is 112 cm³/mol. The zero-order valence-corrected chi connectivity index (χ0v) is 16.7. The fourth-order valence-corrected chi connectivity index (χ4v) is 3.60. The fraction of sp³-hybridized carbons (Fsp3) is 0.174. The Balaban J connectivity index is 2.14. The number of hydrogen-bond acceptors (Lipinski definition) is 5. The third kappa shape index (κ3) is 2.93. The maximum Gasteiger partial charge on any atom is 0.262 e. The number of benzene rings is 3. The van der Waals surface area contributed by atoms with Crippen LogP contribution in [-0.4, -0.2) is 38.9 Å². The van der Waals surface area contributed by atoms with Crippen molar-refractivity contribution in [3.8, 4) is 23.0 Å². The summed E-state index contributed by atoms with van der Waals surface area (Å²) in [5, 5.41) is 1.70. The summed E-state index contributed by atoms with van der Waals surface area (Å²) in [5.41, 5.74) is 2.00. The van der Waals surface area contributed by atoms with Crippen molar-refractivity contribution in [3.05, 3.63) is 60.2 Å². The maximum absolute atomic E-state index is 13.5. The molecular weight excluding hydrogens is 370 g/mol. The van der Waals surface area contributed by atoms with Gasteiger partial charge in [-0.25, -0.2) is 0 Å². The Morgan fingerprint density at radius 2 is 1.07 bits per heavy atom. The lowest BCUT2D eigenvalue weighted by atomic mass is 10.1. The van der Waals surface area contributed by atoms with Crippen LogP contribution in [-0.2, 0) is 0 Å². The van der Waals surface area contributed by atoms with Crippen LogP contribution in [0.15, 0.2) is 54.6 Å². The second kappa shape index (κ2) is 7.39. The van der Waals surface area contributed by atoms with Crippen molar-refractivity contribution in [1.82, 2.24) is 4.57 Å². The summed E-state index contributed by atoms with van der Waals surface area (Å²) < 4.78 is 23.6. The Hall–Kier alpha value is -3.67.